The molecule has 0 saturated carbocycles. The molecule has 0 bridgehead atoms. The van der Waals surface area contributed by atoms with Crippen LogP contribution in [0, 0.1) is 0 Å². The Morgan fingerprint density at radius 1 is 1.12 bits per heavy atom. The van der Waals surface area contributed by atoms with Crippen LogP contribution in [-0.4, -0.2) is 85.8 Å². The Balaban J connectivity index is 0. The first-order valence-electron chi connectivity index (χ1n) is 10.1. The molecule has 12 heteroatoms. The molecule has 0 aliphatic carbocycles. The number of carbonyl (C=O) groups is 3. The van der Waals surface area contributed by atoms with Crippen molar-refractivity contribution < 1.29 is 28.7 Å². The molecule has 0 aromatic rings. The lowest BCUT2D eigenvalue weighted by Gasteiger charge is -2.07. The highest BCUT2D eigenvalue weighted by atomic mass is 35.5. The molecular formula is C21H34Cl2N4O6. The lowest BCUT2D eigenvalue weighted by molar-refractivity contribution is -0.139. The van der Waals surface area contributed by atoms with Gasteiger partial charge in [0.15, 0.2) is 0 Å². The van der Waals surface area contributed by atoms with Crippen LogP contribution < -0.4 is 10.6 Å². The van der Waals surface area contributed by atoms with E-state index in [2.05, 4.69) is 40.4 Å². The van der Waals surface area contributed by atoms with Crippen molar-refractivity contribution in [3.63, 3.8) is 0 Å². The van der Waals surface area contributed by atoms with Gasteiger partial charge in [0.05, 0.1) is 18.4 Å². The first-order chi connectivity index (χ1) is 15.5. The Labute approximate surface area is 205 Å². The van der Waals surface area contributed by atoms with Crippen LogP contribution in [-0.2, 0) is 23.9 Å². The average molecular weight is 509 g/mol. The first kappa shape index (κ1) is 32.8. The Kier molecular flexibility index (Phi) is 20.1. The number of ether oxygens (including phenoxy) is 2. The minimum Gasteiger partial charge on any atom is -0.460 e. The molecule has 10 nitrogen and oxygen atoms in total. The largest absolute Gasteiger partial charge is 0.460 e. The topological polar surface area (TPSA) is 136 Å². The monoisotopic (exact) mass is 508 g/mol. The normalized spacial score (nSPS) is 16.4. The van der Waals surface area contributed by atoms with E-state index < -0.39 is 11.9 Å². The molecule has 2 rings (SSSR count). The SMILES string of the molecule is C=C(C)C(=O)OCCN=C=O.C=C(C)C(=O)OCCNC(=O)N1CC1C.CC1CN1.ClCCl. The number of carbonyl (C=O) groups excluding carboxylic acids is 4. The van der Waals surface area contributed by atoms with Crippen molar-refractivity contribution >= 4 is 47.3 Å². The zero-order valence-electron chi connectivity index (χ0n) is 19.6. The van der Waals surface area contributed by atoms with Gasteiger partial charge < -0.3 is 25.0 Å². The third-order valence-electron chi connectivity index (χ3n) is 3.54. The molecule has 2 fully saturated rings. The van der Waals surface area contributed by atoms with Crippen molar-refractivity contribution in [2.75, 3.05) is 44.7 Å². The van der Waals surface area contributed by atoms with Crippen molar-refractivity contribution in [3.8, 4) is 0 Å². The molecule has 33 heavy (non-hydrogen) atoms. The van der Waals surface area contributed by atoms with Crippen LogP contribution in [0.2, 0.25) is 0 Å². The number of esters is 2. The van der Waals surface area contributed by atoms with E-state index in [9.17, 15) is 19.2 Å². The van der Waals surface area contributed by atoms with Gasteiger partial charge in [0.1, 0.15) is 13.2 Å². The lowest BCUT2D eigenvalue weighted by atomic mass is 10.4. The highest BCUT2D eigenvalue weighted by Crippen LogP contribution is 2.14. The van der Waals surface area contributed by atoms with Crippen molar-refractivity contribution in [3.05, 3.63) is 24.3 Å². The van der Waals surface area contributed by atoms with E-state index in [4.69, 9.17) is 27.9 Å². The summed E-state index contributed by atoms with van der Waals surface area (Å²) in [5, 5.41) is 5.94. The Hall–Kier alpha value is -2.39. The number of aliphatic imine (C=N–C) groups is 1. The number of amides is 2. The molecule has 0 aromatic carbocycles. The van der Waals surface area contributed by atoms with Crippen LogP contribution in [0.3, 0.4) is 0 Å². The predicted octanol–water partition coefficient (Wildman–Crippen LogP) is 2.36. The molecule has 2 N–H and O–H groups in total. The van der Waals surface area contributed by atoms with E-state index in [0.29, 0.717) is 23.7 Å². The maximum atomic E-state index is 11.3. The van der Waals surface area contributed by atoms with Crippen LogP contribution in [0.5, 0.6) is 0 Å². The number of alkyl halides is 2. The van der Waals surface area contributed by atoms with Crippen molar-refractivity contribution in [1.82, 2.24) is 15.5 Å². The fourth-order valence-electron chi connectivity index (χ4n) is 1.52. The second kappa shape index (κ2) is 20.2. The Morgan fingerprint density at radius 2 is 1.55 bits per heavy atom. The van der Waals surface area contributed by atoms with E-state index in [1.165, 1.54) is 12.6 Å². The Bertz CT molecular complexity index is 694. The summed E-state index contributed by atoms with van der Waals surface area (Å²) < 4.78 is 9.40. The van der Waals surface area contributed by atoms with Gasteiger partial charge in [-0.25, -0.2) is 24.2 Å². The maximum Gasteiger partial charge on any atom is 0.333 e. The summed E-state index contributed by atoms with van der Waals surface area (Å²) in [5.74, 6) is -0.893. The third kappa shape index (κ3) is 22.6. The molecule has 0 aromatic heterocycles. The van der Waals surface area contributed by atoms with Gasteiger partial charge in [-0.15, -0.1) is 23.2 Å². The number of rotatable bonds is 8. The molecule has 2 saturated heterocycles. The number of isocyanates is 1. The summed E-state index contributed by atoms with van der Waals surface area (Å²) >= 11 is 9.53. The average Bonchev–Trinajstić information content (AvgIpc) is 3.68. The summed E-state index contributed by atoms with van der Waals surface area (Å²) in [6.45, 7) is 16.9. The molecule has 2 aliphatic heterocycles. The van der Waals surface area contributed by atoms with Gasteiger partial charge in [0.2, 0.25) is 6.08 Å². The third-order valence-corrected chi connectivity index (χ3v) is 3.54. The van der Waals surface area contributed by atoms with E-state index >= 15 is 0 Å². The van der Waals surface area contributed by atoms with Crippen LogP contribution in [0.25, 0.3) is 0 Å². The van der Waals surface area contributed by atoms with Crippen LogP contribution >= 0.6 is 23.2 Å². The number of hydrogen-bond donors (Lipinski definition) is 2. The molecule has 2 amide bonds. The molecule has 2 heterocycles. The summed E-state index contributed by atoms with van der Waals surface area (Å²) in [6, 6.07) is 1.07. The molecule has 2 unspecified atom stereocenters. The molecule has 188 valence electrons. The van der Waals surface area contributed by atoms with Gasteiger partial charge >= 0.3 is 18.0 Å². The number of urea groups is 1. The summed E-state index contributed by atoms with van der Waals surface area (Å²) in [4.78, 5) is 47.3. The zero-order valence-corrected chi connectivity index (χ0v) is 21.1. The standard InChI is InChI=1S/C10H16N2O3.C7H9NO3.C3H7N.CH2Cl2/c1-7(2)9(13)15-5-4-11-10(14)12-6-8(12)3;1-6(2)7(10)11-4-3-8-5-9;1-3-2-4-3;2-1-3/h8H,1,4-6H2,2-3H3,(H,11,14);1,3-4H2,2H3;3-4H,2H2,1H3;1H2. The summed E-state index contributed by atoms with van der Waals surface area (Å²) in [6.07, 6.45) is 1.33. The van der Waals surface area contributed by atoms with Gasteiger partial charge in [0, 0.05) is 36.3 Å². The quantitative estimate of drug-likeness (QED) is 0.0975. The van der Waals surface area contributed by atoms with Gasteiger partial charge in [-0.05, 0) is 27.7 Å². The highest BCUT2D eigenvalue weighted by Gasteiger charge is 2.33. The van der Waals surface area contributed by atoms with Crippen molar-refractivity contribution in [2.24, 2.45) is 4.99 Å². The molecule has 2 aliphatic rings. The second-order valence-electron chi connectivity index (χ2n) is 6.95. The fourth-order valence-corrected chi connectivity index (χ4v) is 1.52. The van der Waals surface area contributed by atoms with E-state index in [0.717, 1.165) is 12.6 Å². The highest BCUT2D eigenvalue weighted by molar-refractivity contribution is 6.40. The van der Waals surface area contributed by atoms with Gasteiger partial charge in [-0.3, -0.25) is 0 Å². The number of hydrogen-bond acceptors (Lipinski definition) is 8. The second-order valence-corrected chi connectivity index (χ2v) is 7.76. The van der Waals surface area contributed by atoms with Crippen molar-refractivity contribution in [1.29, 1.82) is 0 Å². The maximum absolute atomic E-state index is 11.3. The molecule has 0 radical (unpaired) electrons. The smallest absolute Gasteiger partial charge is 0.333 e. The number of nitrogens with zero attached hydrogens (tertiary/aromatic N) is 2. The van der Waals surface area contributed by atoms with Crippen LogP contribution in [0.4, 0.5) is 4.79 Å². The fraction of sp³-hybridized carbons (Fsp3) is 0.619. The van der Waals surface area contributed by atoms with Gasteiger partial charge in [0.25, 0.3) is 0 Å². The van der Waals surface area contributed by atoms with E-state index in [1.54, 1.807) is 18.7 Å². The number of halogens is 2. The summed E-state index contributed by atoms with van der Waals surface area (Å²) in [7, 11) is 0. The predicted molar refractivity (Wildman–Crippen MR) is 128 cm³/mol. The molecule has 2 atom stereocenters. The van der Waals surface area contributed by atoms with Gasteiger partial charge in [-0.1, -0.05) is 13.2 Å². The minimum atomic E-state index is -0.467. The molecule has 0 spiro atoms. The van der Waals surface area contributed by atoms with Crippen LogP contribution in [0.15, 0.2) is 29.3 Å². The summed E-state index contributed by atoms with van der Waals surface area (Å²) in [5.41, 5.74) is 0.695. The lowest BCUT2D eigenvalue weighted by Crippen LogP contribution is -2.32. The van der Waals surface area contributed by atoms with E-state index in [-0.39, 0.29) is 31.1 Å². The van der Waals surface area contributed by atoms with Crippen molar-refractivity contribution in [2.45, 2.75) is 39.8 Å². The minimum absolute atomic E-state index is 0.0981. The van der Waals surface area contributed by atoms with E-state index in [1.807, 2.05) is 6.92 Å². The van der Waals surface area contributed by atoms with Crippen LogP contribution in [0.1, 0.15) is 27.7 Å². The number of nitrogens with one attached hydrogen (secondary N) is 2. The van der Waals surface area contributed by atoms with Gasteiger partial charge in [-0.2, -0.15) is 0 Å². The first-order valence-corrected chi connectivity index (χ1v) is 11.2. The zero-order chi connectivity index (χ0) is 25.8. The molecular weight excluding hydrogens is 475 g/mol. The Morgan fingerprint density at radius 3 is 1.88 bits per heavy atom.